The van der Waals surface area contributed by atoms with Gasteiger partial charge in [0.15, 0.2) is 0 Å². The molecule has 0 aromatic heterocycles. The summed E-state index contributed by atoms with van der Waals surface area (Å²) >= 11 is 4.89. The zero-order valence-electron chi connectivity index (χ0n) is 15.3. The number of hydrogen-bond acceptors (Lipinski definition) is 3. The van der Waals surface area contributed by atoms with Gasteiger partial charge in [-0.15, -0.1) is 0 Å². The second kappa shape index (κ2) is 8.70. The maximum absolute atomic E-state index is 12.7. The summed E-state index contributed by atoms with van der Waals surface area (Å²) in [7, 11) is 0. The van der Waals surface area contributed by atoms with Crippen molar-refractivity contribution in [1.82, 2.24) is 5.32 Å². The van der Waals surface area contributed by atoms with Crippen LogP contribution in [-0.2, 0) is 10.9 Å². The Balaban J connectivity index is 2.94. The molecule has 4 nitrogen and oxygen atoms in total. The lowest BCUT2D eigenvalue weighted by Gasteiger charge is -2.28. The minimum atomic E-state index is -4.39. The van der Waals surface area contributed by atoms with Crippen LogP contribution in [0.5, 0.6) is 0 Å². The number of ether oxygens (including phenoxy) is 1. The van der Waals surface area contributed by atoms with Crippen molar-refractivity contribution >= 4 is 23.3 Å². The van der Waals surface area contributed by atoms with Crippen LogP contribution in [0.25, 0.3) is 0 Å². The van der Waals surface area contributed by atoms with Crippen LogP contribution in [0.4, 0.5) is 18.0 Å². The molecular weight excluding hydrogens is 365 g/mol. The molecule has 0 radical (unpaired) electrons. The Morgan fingerprint density at radius 3 is 2.19 bits per heavy atom. The van der Waals surface area contributed by atoms with Crippen LogP contribution in [0.2, 0.25) is 0 Å². The van der Waals surface area contributed by atoms with Crippen LogP contribution < -0.4 is 11.1 Å². The maximum Gasteiger partial charge on any atom is 0.416 e. The van der Waals surface area contributed by atoms with E-state index in [2.05, 4.69) is 5.32 Å². The monoisotopic (exact) mass is 390 g/mol. The van der Waals surface area contributed by atoms with Gasteiger partial charge >= 0.3 is 12.3 Å². The first kappa shape index (κ1) is 22.2. The molecule has 146 valence electrons. The lowest BCUT2D eigenvalue weighted by atomic mass is 9.90. The van der Waals surface area contributed by atoms with E-state index in [4.69, 9.17) is 22.7 Å². The molecule has 0 saturated carbocycles. The standard InChI is InChI=1S/C18H25F3N2O2S/c1-11(12-5-7-13(8-6-12)18(19,20)21)14(9-10-15(22)26)23-16(24)25-17(2,3)4/h5-8,11,14H,9-10H2,1-4H3,(H2,22,26)(H,23,24). The lowest BCUT2D eigenvalue weighted by molar-refractivity contribution is -0.137. The summed E-state index contributed by atoms with van der Waals surface area (Å²) < 4.78 is 43.4. The molecule has 0 fully saturated rings. The van der Waals surface area contributed by atoms with E-state index in [1.807, 2.05) is 6.92 Å². The summed E-state index contributed by atoms with van der Waals surface area (Å²) in [5.74, 6) is -0.251. The summed E-state index contributed by atoms with van der Waals surface area (Å²) in [5, 5.41) is 2.77. The van der Waals surface area contributed by atoms with E-state index < -0.39 is 23.4 Å². The summed E-state index contributed by atoms with van der Waals surface area (Å²) in [6, 6.07) is 4.51. The number of benzene rings is 1. The van der Waals surface area contributed by atoms with Crippen LogP contribution in [-0.4, -0.2) is 22.7 Å². The molecule has 1 aromatic rings. The molecule has 0 aliphatic rings. The fourth-order valence-electron chi connectivity index (χ4n) is 2.41. The van der Waals surface area contributed by atoms with Crippen molar-refractivity contribution < 1.29 is 22.7 Å². The smallest absolute Gasteiger partial charge is 0.416 e. The van der Waals surface area contributed by atoms with E-state index in [1.54, 1.807) is 20.8 Å². The van der Waals surface area contributed by atoms with Gasteiger partial charge in [0.2, 0.25) is 0 Å². The van der Waals surface area contributed by atoms with Gasteiger partial charge in [-0.05, 0) is 51.3 Å². The number of nitrogens with two attached hydrogens (primary N) is 1. The van der Waals surface area contributed by atoms with E-state index in [-0.39, 0.29) is 12.0 Å². The second-order valence-corrected chi connectivity index (χ2v) is 7.69. The maximum atomic E-state index is 12.7. The molecule has 26 heavy (non-hydrogen) atoms. The largest absolute Gasteiger partial charge is 0.444 e. The second-order valence-electron chi connectivity index (χ2n) is 7.17. The first-order chi connectivity index (χ1) is 11.8. The SMILES string of the molecule is CC(c1ccc(C(F)(F)F)cc1)C(CCC(N)=S)NC(=O)OC(C)(C)C. The zero-order chi connectivity index (χ0) is 20.1. The van der Waals surface area contributed by atoms with Gasteiger partial charge in [0.05, 0.1) is 10.6 Å². The Hall–Kier alpha value is -1.83. The highest BCUT2D eigenvalue weighted by atomic mass is 32.1. The third-order valence-electron chi connectivity index (χ3n) is 3.77. The lowest BCUT2D eigenvalue weighted by Crippen LogP contribution is -2.42. The molecule has 0 aliphatic heterocycles. The Labute approximate surface area is 157 Å². The number of nitrogens with one attached hydrogen (secondary N) is 1. The summed E-state index contributed by atoms with van der Waals surface area (Å²) in [6.07, 6.45) is -4.12. The van der Waals surface area contributed by atoms with E-state index in [9.17, 15) is 18.0 Å². The van der Waals surface area contributed by atoms with Crippen molar-refractivity contribution in [3.63, 3.8) is 0 Å². The number of alkyl halides is 3. The number of alkyl carbamates (subject to hydrolysis) is 1. The van der Waals surface area contributed by atoms with Crippen molar-refractivity contribution in [2.24, 2.45) is 5.73 Å². The van der Waals surface area contributed by atoms with Crippen molar-refractivity contribution in [3.8, 4) is 0 Å². The van der Waals surface area contributed by atoms with Gasteiger partial charge in [0, 0.05) is 12.0 Å². The van der Waals surface area contributed by atoms with Crippen LogP contribution in [0, 0.1) is 0 Å². The van der Waals surface area contributed by atoms with E-state index in [0.717, 1.165) is 12.1 Å². The highest BCUT2D eigenvalue weighted by Gasteiger charge is 2.31. The van der Waals surface area contributed by atoms with Gasteiger partial charge in [-0.2, -0.15) is 13.2 Å². The Morgan fingerprint density at radius 2 is 1.77 bits per heavy atom. The van der Waals surface area contributed by atoms with Crippen LogP contribution >= 0.6 is 12.2 Å². The molecule has 1 rings (SSSR count). The fourth-order valence-corrected chi connectivity index (χ4v) is 2.53. The van der Waals surface area contributed by atoms with Gasteiger partial charge in [0.25, 0.3) is 0 Å². The van der Waals surface area contributed by atoms with Gasteiger partial charge in [0.1, 0.15) is 5.60 Å². The normalized spacial score (nSPS) is 14.4. The average molecular weight is 390 g/mol. The Kier molecular flexibility index (Phi) is 7.44. The van der Waals surface area contributed by atoms with E-state index in [1.165, 1.54) is 12.1 Å². The molecule has 1 amide bonds. The molecule has 0 aliphatic carbocycles. The number of hydrogen-bond donors (Lipinski definition) is 2. The van der Waals surface area contributed by atoms with Gasteiger partial charge in [-0.3, -0.25) is 0 Å². The summed E-state index contributed by atoms with van der Waals surface area (Å²) in [5.41, 5.74) is 4.84. The fraction of sp³-hybridized carbons (Fsp3) is 0.556. The van der Waals surface area contributed by atoms with Crippen molar-refractivity contribution in [1.29, 1.82) is 0 Å². The first-order valence-corrected chi connectivity index (χ1v) is 8.65. The van der Waals surface area contributed by atoms with Crippen molar-refractivity contribution in [2.75, 3.05) is 0 Å². The highest BCUT2D eigenvalue weighted by Crippen LogP contribution is 2.31. The van der Waals surface area contributed by atoms with Crippen molar-refractivity contribution in [3.05, 3.63) is 35.4 Å². The molecule has 0 heterocycles. The predicted molar refractivity (Wildman–Crippen MR) is 99.0 cm³/mol. The minimum Gasteiger partial charge on any atom is -0.444 e. The average Bonchev–Trinajstić information content (AvgIpc) is 2.48. The number of carbonyl (C=O) groups is 1. The molecule has 0 saturated heterocycles. The van der Waals surface area contributed by atoms with E-state index in [0.29, 0.717) is 23.4 Å². The number of amides is 1. The molecule has 1 aromatic carbocycles. The van der Waals surface area contributed by atoms with Crippen LogP contribution in [0.3, 0.4) is 0 Å². The van der Waals surface area contributed by atoms with Crippen LogP contribution in [0.1, 0.15) is 57.6 Å². The van der Waals surface area contributed by atoms with Gasteiger partial charge < -0.3 is 15.8 Å². The van der Waals surface area contributed by atoms with Gasteiger partial charge in [-0.25, -0.2) is 4.79 Å². The van der Waals surface area contributed by atoms with Gasteiger partial charge in [-0.1, -0.05) is 31.3 Å². The highest BCUT2D eigenvalue weighted by molar-refractivity contribution is 7.80. The topological polar surface area (TPSA) is 64.3 Å². The quantitative estimate of drug-likeness (QED) is 0.687. The molecule has 2 atom stereocenters. The number of thiocarbonyl (C=S) groups is 1. The summed E-state index contributed by atoms with van der Waals surface area (Å²) in [6.45, 7) is 7.06. The first-order valence-electron chi connectivity index (χ1n) is 8.24. The predicted octanol–water partition coefficient (Wildman–Crippen LogP) is 4.77. The number of halogens is 3. The Morgan fingerprint density at radius 1 is 1.23 bits per heavy atom. The molecule has 0 spiro atoms. The zero-order valence-corrected chi connectivity index (χ0v) is 16.1. The van der Waals surface area contributed by atoms with Crippen molar-refractivity contribution in [2.45, 2.75) is 64.3 Å². The molecule has 8 heteroatoms. The molecule has 3 N–H and O–H groups in total. The Bertz CT molecular complexity index is 625. The molecule has 2 unspecified atom stereocenters. The molecule has 0 bridgehead atoms. The van der Waals surface area contributed by atoms with Crippen LogP contribution in [0.15, 0.2) is 24.3 Å². The summed E-state index contributed by atoms with van der Waals surface area (Å²) in [4.78, 5) is 12.4. The number of rotatable bonds is 6. The molecular formula is C18H25F3N2O2S. The number of carbonyl (C=O) groups excluding carboxylic acids is 1. The third kappa shape index (κ3) is 7.59. The van der Waals surface area contributed by atoms with E-state index >= 15 is 0 Å². The minimum absolute atomic E-state index is 0.251. The third-order valence-corrected chi connectivity index (χ3v) is 3.98.